The van der Waals surface area contributed by atoms with Crippen molar-refractivity contribution in [3.8, 4) is 0 Å². The molecule has 0 spiro atoms. The van der Waals surface area contributed by atoms with Gasteiger partial charge >= 0.3 is 0 Å². The Balaban J connectivity index is 1.60. The Labute approximate surface area is 183 Å². The Morgan fingerprint density at radius 3 is 2.48 bits per heavy atom. The Morgan fingerprint density at radius 2 is 1.86 bits per heavy atom. The number of ether oxygens (including phenoxy) is 1. The molecule has 1 unspecified atom stereocenters. The van der Waals surface area contributed by atoms with E-state index in [1.807, 2.05) is 0 Å². The normalized spacial score (nSPS) is 27.5. The Morgan fingerprint density at radius 1 is 1.17 bits per heavy atom. The molecule has 0 radical (unpaired) electrons. The number of hydrogen-bond donors (Lipinski definition) is 2. The van der Waals surface area contributed by atoms with E-state index in [0.29, 0.717) is 12.0 Å². The molecule has 2 heterocycles. The van der Waals surface area contributed by atoms with Crippen LogP contribution in [0.2, 0.25) is 0 Å². The topological polar surface area (TPSA) is 39.8 Å². The van der Waals surface area contributed by atoms with Crippen LogP contribution in [0.4, 0.5) is 0 Å². The largest absolute Gasteiger partial charge is 0.379 e. The highest BCUT2D eigenvalue weighted by atomic mass is 32.1. The Hall–Kier alpha value is -0.690. The Bertz CT molecular complexity index is 555. The molecule has 0 aromatic heterocycles. The van der Waals surface area contributed by atoms with E-state index in [0.717, 1.165) is 63.9 Å². The van der Waals surface area contributed by atoms with Crippen LogP contribution in [0.1, 0.15) is 59.8 Å². The fraction of sp³-hybridized carbons (Fsp3) is 0.870. The van der Waals surface area contributed by atoms with E-state index in [2.05, 4.69) is 60.3 Å². The third-order valence-electron chi connectivity index (χ3n) is 6.45. The van der Waals surface area contributed by atoms with E-state index in [1.165, 1.54) is 19.3 Å². The first-order valence-electron chi connectivity index (χ1n) is 11.5. The molecule has 0 amide bonds. The molecule has 3 rings (SSSR count). The lowest BCUT2D eigenvalue weighted by Crippen LogP contribution is -2.63. The number of morpholine rings is 1. The molecule has 1 atom stereocenters. The molecule has 2 N–H and O–H groups in total. The van der Waals surface area contributed by atoms with Crippen LogP contribution in [0.25, 0.3) is 0 Å². The molecule has 0 bridgehead atoms. The first-order valence-corrected chi connectivity index (χ1v) is 11.9. The molecular formula is C23H42N4OS. The lowest BCUT2D eigenvalue weighted by atomic mass is 9.80. The lowest BCUT2D eigenvalue weighted by molar-refractivity contribution is 0.0354. The van der Waals surface area contributed by atoms with Crippen LogP contribution < -0.4 is 10.6 Å². The fourth-order valence-corrected chi connectivity index (χ4v) is 5.72. The average Bonchev–Trinajstić information content (AvgIpc) is 2.64. The number of rotatable bonds is 6. The van der Waals surface area contributed by atoms with Gasteiger partial charge in [0.15, 0.2) is 5.11 Å². The molecular weight excluding hydrogens is 380 g/mol. The lowest BCUT2D eigenvalue weighted by Gasteiger charge is -2.47. The maximum absolute atomic E-state index is 5.97. The molecule has 2 fully saturated rings. The van der Waals surface area contributed by atoms with Crippen molar-refractivity contribution in [2.45, 2.75) is 76.9 Å². The summed E-state index contributed by atoms with van der Waals surface area (Å²) < 4.78 is 5.51. The molecule has 3 aliphatic rings. The van der Waals surface area contributed by atoms with E-state index in [-0.39, 0.29) is 11.1 Å². The van der Waals surface area contributed by atoms with Crippen molar-refractivity contribution in [3.63, 3.8) is 0 Å². The molecule has 5 nitrogen and oxygen atoms in total. The van der Waals surface area contributed by atoms with Crippen LogP contribution in [-0.4, -0.2) is 78.0 Å². The number of piperidine rings is 1. The summed E-state index contributed by atoms with van der Waals surface area (Å²) in [5.74, 6) is 0.713. The summed E-state index contributed by atoms with van der Waals surface area (Å²) in [4.78, 5) is 4.97. The molecule has 1 aliphatic carbocycles. The first-order chi connectivity index (χ1) is 13.7. The highest BCUT2D eigenvalue weighted by molar-refractivity contribution is 7.80. The van der Waals surface area contributed by atoms with Gasteiger partial charge in [0.1, 0.15) is 0 Å². The van der Waals surface area contributed by atoms with Gasteiger partial charge in [-0.2, -0.15) is 0 Å². The van der Waals surface area contributed by atoms with E-state index in [4.69, 9.17) is 17.0 Å². The summed E-state index contributed by atoms with van der Waals surface area (Å²) in [5, 5.41) is 8.49. The second kappa shape index (κ2) is 10.1. The highest BCUT2D eigenvalue weighted by Crippen LogP contribution is 2.29. The fourth-order valence-electron chi connectivity index (χ4n) is 5.39. The molecule has 166 valence electrons. The number of nitrogens with zero attached hydrogens (tertiary/aromatic N) is 2. The molecule has 0 aromatic carbocycles. The molecule has 6 heteroatoms. The zero-order chi connectivity index (χ0) is 20.9. The van der Waals surface area contributed by atoms with Crippen LogP contribution in [0.15, 0.2) is 12.2 Å². The zero-order valence-electron chi connectivity index (χ0n) is 19.0. The van der Waals surface area contributed by atoms with Gasteiger partial charge in [0, 0.05) is 49.8 Å². The first kappa shape index (κ1) is 23.0. The molecule has 29 heavy (non-hydrogen) atoms. The van der Waals surface area contributed by atoms with Gasteiger partial charge in [-0.15, -0.1) is 0 Å². The Kier molecular flexibility index (Phi) is 7.99. The summed E-state index contributed by atoms with van der Waals surface area (Å²) in [5.41, 5.74) is 0.254. The predicted octanol–water partition coefficient (Wildman–Crippen LogP) is 3.16. The third-order valence-corrected chi connectivity index (χ3v) is 6.83. The van der Waals surface area contributed by atoms with Gasteiger partial charge in [-0.1, -0.05) is 12.2 Å². The summed E-state index contributed by atoms with van der Waals surface area (Å²) in [7, 11) is 0. The number of allylic oxidation sites excluding steroid dienone is 2. The maximum atomic E-state index is 5.97. The van der Waals surface area contributed by atoms with Crippen LogP contribution in [0.5, 0.6) is 0 Å². The van der Waals surface area contributed by atoms with Gasteiger partial charge in [-0.05, 0) is 77.9 Å². The van der Waals surface area contributed by atoms with Gasteiger partial charge in [0.25, 0.3) is 0 Å². The molecule has 2 aliphatic heterocycles. The zero-order valence-corrected chi connectivity index (χ0v) is 19.8. The van der Waals surface area contributed by atoms with E-state index < -0.39 is 0 Å². The SMILES string of the molecule is CC1(C)CC(NC(=S)N(CCN2CCOCC2)CC2CC=CCC2)CC(C)(C)N1. The minimum Gasteiger partial charge on any atom is -0.379 e. The summed E-state index contributed by atoms with van der Waals surface area (Å²) >= 11 is 5.97. The van der Waals surface area contributed by atoms with Gasteiger partial charge in [-0.3, -0.25) is 4.90 Å². The van der Waals surface area contributed by atoms with Crippen LogP contribution in [0, 0.1) is 5.92 Å². The van der Waals surface area contributed by atoms with Gasteiger partial charge in [0.2, 0.25) is 0 Å². The highest BCUT2D eigenvalue weighted by Gasteiger charge is 2.38. The molecule has 0 aromatic rings. The van der Waals surface area contributed by atoms with Crippen molar-refractivity contribution in [2.24, 2.45) is 5.92 Å². The van der Waals surface area contributed by atoms with E-state index in [9.17, 15) is 0 Å². The van der Waals surface area contributed by atoms with Crippen molar-refractivity contribution in [2.75, 3.05) is 45.9 Å². The predicted molar refractivity (Wildman–Crippen MR) is 125 cm³/mol. The van der Waals surface area contributed by atoms with Gasteiger partial charge in [-0.25, -0.2) is 0 Å². The smallest absolute Gasteiger partial charge is 0.169 e. The quantitative estimate of drug-likeness (QED) is 0.506. The molecule has 0 saturated carbocycles. The van der Waals surface area contributed by atoms with Crippen molar-refractivity contribution < 1.29 is 4.74 Å². The molecule has 2 saturated heterocycles. The maximum Gasteiger partial charge on any atom is 0.169 e. The van der Waals surface area contributed by atoms with Gasteiger partial charge in [0.05, 0.1) is 13.2 Å². The standard InChI is InChI=1S/C23H42N4OS/c1-22(2)16-20(17-23(3,4)25-22)24-21(29)27(18-19-8-6-5-7-9-19)11-10-26-12-14-28-15-13-26/h5-6,19-20,25H,7-18H2,1-4H3,(H,24,29). The number of nitrogens with one attached hydrogen (secondary N) is 2. The van der Waals surface area contributed by atoms with Gasteiger partial charge < -0.3 is 20.3 Å². The number of hydrogen-bond acceptors (Lipinski definition) is 4. The minimum atomic E-state index is 0.127. The van der Waals surface area contributed by atoms with Crippen molar-refractivity contribution in [3.05, 3.63) is 12.2 Å². The van der Waals surface area contributed by atoms with Crippen molar-refractivity contribution >= 4 is 17.3 Å². The monoisotopic (exact) mass is 422 g/mol. The van der Waals surface area contributed by atoms with E-state index >= 15 is 0 Å². The van der Waals surface area contributed by atoms with Crippen molar-refractivity contribution in [1.29, 1.82) is 0 Å². The number of thiocarbonyl (C=S) groups is 1. The summed E-state index contributed by atoms with van der Waals surface area (Å²) in [6, 6.07) is 0.422. The van der Waals surface area contributed by atoms with Crippen LogP contribution in [0.3, 0.4) is 0 Å². The van der Waals surface area contributed by atoms with Crippen molar-refractivity contribution in [1.82, 2.24) is 20.4 Å². The minimum absolute atomic E-state index is 0.127. The average molecular weight is 423 g/mol. The van der Waals surface area contributed by atoms with E-state index in [1.54, 1.807) is 0 Å². The summed E-state index contributed by atoms with van der Waals surface area (Å²) in [6.45, 7) is 16.1. The van der Waals surface area contributed by atoms with Crippen LogP contribution >= 0.6 is 12.2 Å². The second-order valence-electron chi connectivity index (χ2n) is 10.5. The second-order valence-corrected chi connectivity index (χ2v) is 10.9. The van der Waals surface area contributed by atoms with Crippen LogP contribution in [-0.2, 0) is 4.74 Å². The summed E-state index contributed by atoms with van der Waals surface area (Å²) in [6.07, 6.45) is 10.5. The third kappa shape index (κ3) is 7.50.